The maximum atomic E-state index is 13.0. The van der Waals surface area contributed by atoms with Gasteiger partial charge in [-0.1, -0.05) is 204 Å². The first kappa shape index (κ1) is 55.4. The highest BCUT2D eigenvalue weighted by Gasteiger charge is 2.44. The molecule has 0 spiro atoms. The van der Waals surface area contributed by atoms with Crippen LogP contribution in [0, 0.1) is 0 Å². The third-order valence-electron chi connectivity index (χ3n) is 11.7. The third-order valence-corrected chi connectivity index (χ3v) is 11.7. The van der Waals surface area contributed by atoms with Gasteiger partial charge in [0.2, 0.25) is 5.91 Å². The SMILES string of the molecule is CCCCC/C=C\C=C/CCCCCCCCC(=O)NC(COC1OC(CO)C(O)C(O)C1O)C(O)/C=C/CCCCCCCCCCCCCCCCCCCCC. The fourth-order valence-corrected chi connectivity index (χ4v) is 7.74. The summed E-state index contributed by atoms with van der Waals surface area (Å²) in [5.41, 5.74) is 0. The molecule has 1 aliphatic heterocycles. The molecule has 7 unspecified atom stereocenters. The summed E-state index contributed by atoms with van der Waals surface area (Å²) < 4.78 is 11.2. The number of hydrogen-bond donors (Lipinski definition) is 6. The number of nitrogens with one attached hydrogen (secondary N) is 1. The molecule has 0 aromatic rings. The molecule has 0 aromatic carbocycles. The molecule has 0 aromatic heterocycles. The number of unbranched alkanes of at least 4 members (excludes halogenated alkanes) is 28. The van der Waals surface area contributed by atoms with Crippen LogP contribution in [-0.4, -0.2) is 87.5 Å². The molecule has 1 rings (SSSR count). The second-order valence-electron chi connectivity index (χ2n) is 17.3. The standard InChI is InChI=1S/C50H93NO8/c1-3-5-7-9-11-13-15-17-19-20-21-22-23-24-26-27-29-31-33-35-37-39-44(53)43(42-58-50-49(57)48(56)47(55)45(41-52)59-50)51-46(54)40-38-36-34-32-30-28-25-18-16-14-12-10-8-6-4-2/h12,14,16,18,37,39,43-45,47-50,52-53,55-57H,3-11,13,15,17,19-36,38,40-42H2,1-2H3,(H,51,54)/b14-12-,18-16-,39-37+. The number of hydrogen-bond acceptors (Lipinski definition) is 8. The highest BCUT2D eigenvalue weighted by atomic mass is 16.7. The number of carbonyl (C=O) groups excluding carboxylic acids is 1. The van der Waals surface area contributed by atoms with Crippen LogP contribution >= 0.6 is 0 Å². The molecule has 0 radical (unpaired) electrons. The van der Waals surface area contributed by atoms with Crippen LogP contribution in [0.3, 0.4) is 0 Å². The van der Waals surface area contributed by atoms with Gasteiger partial charge in [0.15, 0.2) is 6.29 Å². The first-order chi connectivity index (χ1) is 28.8. The minimum Gasteiger partial charge on any atom is -0.394 e. The summed E-state index contributed by atoms with van der Waals surface area (Å²) in [7, 11) is 0. The number of carbonyl (C=O) groups is 1. The van der Waals surface area contributed by atoms with E-state index in [1.807, 2.05) is 6.08 Å². The summed E-state index contributed by atoms with van der Waals surface area (Å²) in [6.45, 7) is 3.75. The quantitative estimate of drug-likeness (QED) is 0.0203. The van der Waals surface area contributed by atoms with Crippen LogP contribution in [0.4, 0.5) is 0 Å². The van der Waals surface area contributed by atoms with Gasteiger partial charge >= 0.3 is 0 Å². The first-order valence-corrected chi connectivity index (χ1v) is 24.7. The maximum absolute atomic E-state index is 13.0. The van der Waals surface area contributed by atoms with Gasteiger partial charge in [-0.25, -0.2) is 0 Å². The van der Waals surface area contributed by atoms with Gasteiger partial charge in [0.1, 0.15) is 24.4 Å². The Morgan fingerprint density at radius 3 is 1.46 bits per heavy atom. The Morgan fingerprint density at radius 1 is 0.576 bits per heavy atom. The smallest absolute Gasteiger partial charge is 0.220 e. The predicted molar refractivity (Wildman–Crippen MR) is 244 cm³/mol. The molecule has 1 saturated heterocycles. The van der Waals surface area contributed by atoms with Crippen molar-refractivity contribution in [3.8, 4) is 0 Å². The van der Waals surface area contributed by atoms with Crippen molar-refractivity contribution in [2.45, 2.75) is 262 Å². The lowest BCUT2D eigenvalue weighted by atomic mass is 9.99. The molecule has 0 saturated carbocycles. The molecule has 1 fully saturated rings. The summed E-state index contributed by atoms with van der Waals surface area (Å²) in [6, 6.07) is -0.810. The number of aliphatic hydroxyl groups excluding tert-OH is 5. The van der Waals surface area contributed by atoms with Crippen LogP contribution in [0.15, 0.2) is 36.5 Å². The first-order valence-electron chi connectivity index (χ1n) is 24.7. The minimum absolute atomic E-state index is 0.188. The van der Waals surface area contributed by atoms with Crippen molar-refractivity contribution in [1.29, 1.82) is 0 Å². The van der Waals surface area contributed by atoms with E-state index in [1.165, 1.54) is 141 Å². The largest absolute Gasteiger partial charge is 0.394 e. The Balaban J connectivity index is 2.32. The van der Waals surface area contributed by atoms with Crippen LogP contribution < -0.4 is 5.32 Å². The van der Waals surface area contributed by atoms with Crippen molar-refractivity contribution in [2.75, 3.05) is 13.2 Å². The number of amides is 1. The fraction of sp³-hybridized carbons (Fsp3) is 0.860. The highest BCUT2D eigenvalue weighted by Crippen LogP contribution is 2.23. The van der Waals surface area contributed by atoms with Gasteiger partial charge in [-0.05, 0) is 44.9 Å². The van der Waals surface area contributed by atoms with Crippen LogP contribution in [0.2, 0.25) is 0 Å². The molecule has 6 N–H and O–H groups in total. The lowest BCUT2D eigenvalue weighted by Crippen LogP contribution is -2.60. The molecule has 7 atom stereocenters. The molecule has 9 heteroatoms. The van der Waals surface area contributed by atoms with Crippen molar-refractivity contribution in [1.82, 2.24) is 5.32 Å². The van der Waals surface area contributed by atoms with Gasteiger partial charge < -0.3 is 40.3 Å². The maximum Gasteiger partial charge on any atom is 0.220 e. The predicted octanol–water partition coefficient (Wildman–Crippen LogP) is 10.8. The minimum atomic E-state index is -1.57. The summed E-state index contributed by atoms with van der Waals surface area (Å²) in [5, 5.41) is 54.3. The third kappa shape index (κ3) is 31.0. The van der Waals surface area contributed by atoms with Gasteiger partial charge in [-0.3, -0.25) is 4.79 Å². The normalized spacial score (nSPS) is 21.0. The second kappa shape index (κ2) is 40.5. The van der Waals surface area contributed by atoms with E-state index in [2.05, 4.69) is 43.5 Å². The highest BCUT2D eigenvalue weighted by molar-refractivity contribution is 5.76. The van der Waals surface area contributed by atoms with Gasteiger partial charge in [0, 0.05) is 6.42 Å². The van der Waals surface area contributed by atoms with Gasteiger partial charge in [-0.15, -0.1) is 0 Å². The lowest BCUT2D eigenvalue weighted by Gasteiger charge is -2.40. The van der Waals surface area contributed by atoms with E-state index < -0.39 is 49.5 Å². The zero-order chi connectivity index (χ0) is 43.0. The van der Waals surface area contributed by atoms with Crippen molar-refractivity contribution in [3.63, 3.8) is 0 Å². The zero-order valence-electron chi connectivity index (χ0n) is 38.0. The number of ether oxygens (including phenoxy) is 2. The van der Waals surface area contributed by atoms with Crippen LogP contribution in [0.5, 0.6) is 0 Å². The van der Waals surface area contributed by atoms with Gasteiger partial charge in [0.05, 0.1) is 25.4 Å². The van der Waals surface area contributed by atoms with E-state index in [0.29, 0.717) is 6.42 Å². The average molecular weight is 836 g/mol. The van der Waals surface area contributed by atoms with Gasteiger partial charge in [0.25, 0.3) is 0 Å². The van der Waals surface area contributed by atoms with E-state index in [0.717, 1.165) is 57.8 Å². The Kier molecular flexibility index (Phi) is 38.0. The molecule has 1 amide bonds. The van der Waals surface area contributed by atoms with E-state index >= 15 is 0 Å². The monoisotopic (exact) mass is 836 g/mol. The molecule has 59 heavy (non-hydrogen) atoms. The number of rotatable bonds is 41. The van der Waals surface area contributed by atoms with E-state index in [-0.39, 0.29) is 12.5 Å². The van der Waals surface area contributed by atoms with Crippen molar-refractivity contribution >= 4 is 5.91 Å². The van der Waals surface area contributed by atoms with Crippen LogP contribution in [-0.2, 0) is 14.3 Å². The molecule has 9 nitrogen and oxygen atoms in total. The Hall–Kier alpha value is -1.59. The number of aliphatic hydroxyl groups is 5. The van der Waals surface area contributed by atoms with Crippen LogP contribution in [0.25, 0.3) is 0 Å². The van der Waals surface area contributed by atoms with Gasteiger partial charge in [-0.2, -0.15) is 0 Å². The average Bonchev–Trinajstić information content (AvgIpc) is 3.23. The summed E-state index contributed by atoms with van der Waals surface area (Å²) >= 11 is 0. The fourth-order valence-electron chi connectivity index (χ4n) is 7.74. The molecule has 1 heterocycles. The Bertz CT molecular complexity index is 1020. The van der Waals surface area contributed by atoms with Crippen LogP contribution in [0.1, 0.15) is 219 Å². The van der Waals surface area contributed by atoms with E-state index in [4.69, 9.17) is 9.47 Å². The van der Waals surface area contributed by atoms with Crippen molar-refractivity contribution < 1.29 is 39.8 Å². The summed E-state index contributed by atoms with van der Waals surface area (Å²) in [5.74, 6) is -0.188. The van der Waals surface area contributed by atoms with Crippen molar-refractivity contribution in [2.24, 2.45) is 0 Å². The molecule has 0 bridgehead atoms. The number of allylic oxidation sites excluding steroid dienone is 5. The second-order valence-corrected chi connectivity index (χ2v) is 17.3. The molecular weight excluding hydrogens is 743 g/mol. The molecule has 346 valence electrons. The van der Waals surface area contributed by atoms with E-state index in [1.54, 1.807) is 6.08 Å². The Morgan fingerprint density at radius 2 is 0.983 bits per heavy atom. The summed E-state index contributed by atoms with van der Waals surface area (Å²) in [4.78, 5) is 13.0. The van der Waals surface area contributed by atoms with E-state index in [9.17, 15) is 30.3 Å². The topological polar surface area (TPSA) is 149 Å². The molecule has 1 aliphatic rings. The van der Waals surface area contributed by atoms with Crippen molar-refractivity contribution in [3.05, 3.63) is 36.5 Å². The molecule has 0 aliphatic carbocycles. The summed E-state index contributed by atoms with van der Waals surface area (Å²) in [6.07, 6.45) is 43.3. The molecular formula is C50H93NO8. The lowest BCUT2D eigenvalue weighted by molar-refractivity contribution is -0.302. The Labute approximate surface area is 361 Å². The zero-order valence-corrected chi connectivity index (χ0v) is 38.0.